The monoisotopic (exact) mass is 327 g/mol. The van der Waals surface area contributed by atoms with Gasteiger partial charge < -0.3 is 0 Å². The van der Waals surface area contributed by atoms with Crippen LogP contribution in [0.15, 0.2) is 11.6 Å². The number of rotatable bonds is 0. The minimum atomic E-state index is 0.557. The molecule has 2 bridgehead atoms. The van der Waals surface area contributed by atoms with Gasteiger partial charge in [0.1, 0.15) is 0 Å². The minimum absolute atomic E-state index is 0.557. The summed E-state index contributed by atoms with van der Waals surface area (Å²) in [5.41, 5.74) is 2.43. The van der Waals surface area contributed by atoms with Crippen molar-refractivity contribution in [2.24, 2.45) is 11.3 Å². The van der Waals surface area contributed by atoms with Crippen LogP contribution in [0, 0.1) is 11.3 Å². The molecule has 5 atom stereocenters. The van der Waals surface area contributed by atoms with Crippen molar-refractivity contribution >= 4 is 0 Å². The molecule has 1 aliphatic carbocycles. The lowest BCUT2D eigenvalue weighted by molar-refractivity contribution is -0.165. The molecule has 6 aliphatic rings. The Bertz CT molecular complexity index is 557. The summed E-state index contributed by atoms with van der Waals surface area (Å²) in [5, 5.41) is 0. The summed E-state index contributed by atoms with van der Waals surface area (Å²) >= 11 is 0. The molecule has 1 spiro atoms. The third-order valence-electron chi connectivity index (χ3n) is 8.51. The number of piperidine rings is 4. The molecule has 5 fully saturated rings. The number of hydrogen-bond acceptors (Lipinski definition) is 3. The second-order valence-corrected chi connectivity index (χ2v) is 9.66. The topological polar surface area (TPSA) is 9.72 Å². The van der Waals surface area contributed by atoms with Crippen molar-refractivity contribution in [3.63, 3.8) is 0 Å². The molecule has 0 radical (unpaired) electrons. The van der Waals surface area contributed by atoms with E-state index in [4.69, 9.17) is 0 Å². The molecule has 6 rings (SSSR count). The smallest absolute Gasteiger partial charge is 0.0514 e. The Morgan fingerprint density at radius 3 is 2.67 bits per heavy atom. The summed E-state index contributed by atoms with van der Waals surface area (Å²) < 4.78 is 0. The van der Waals surface area contributed by atoms with Gasteiger partial charge in [0.25, 0.3) is 0 Å². The molecule has 132 valence electrons. The van der Waals surface area contributed by atoms with E-state index in [1.165, 1.54) is 90.6 Å². The summed E-state index contributed by atoms with van der Waals surface area (Å²) in [6.07, 6.45) is 15.9. The molecule has 0 aromatic heterocycles. The SMILES string of the molecule is C1=C2CCCN3CN4CCCC[C@@H]4[C@@]4(C[C@@H]1[C@H]1CCCCN1C4)[C@@H]23. The summed E-state index contributed by atoms with van der Waals surface area (Å²) in [5.74, 6) is 0.868. The lowest BCUT2D eigenvalue weighted by Gasteiger charge is -2.68. The molecular formula is C21H33N3. The first kappa shape index (κ1) is 14.8. The van der Waals surface area contributed by atoms with Crippen LogP contribution in [0.25, 0.3) is 0 Å². The lowest BCUT2D eigenvalue weighted by atomic mass is 9.54. The number of fused-ring (bicyclic) bond motifs is 4. The number of nitrogens with zero attached hydrogens (tertiary/aromatic N) is 3. The van der Waals surface area contributed by atoms with Gasteiger partial charge in [-0.15, -0.1) is 0 Å². The second kappa shape index (κ2) is 5.31. The number of hydrogen-bond donors (Lipinski definition) is 0. The molecular weight excluding hydrogens is 294 g/mol. The zero-order valence-electron chi connectivity index (χ0n) is 15.1. The summed E-state index contributed by atoms with van der Waals surface area (Å²) in [4.78, 5) is 8.77. The van der Waals surface area contributed by atoms with Gasteiger partial charge in [0, 0.05) is 36.6 Å². The third-order valence-corrected chi connectivity index (χ3v) is 8.51. The van der Waals surface area contributed by atoms with Crippen molar-refractivity contribution in [1.82, 2.24) is 14.7 Å². The first-order valence-corrected chi connectivity index (χ1v) is 10.8. The zero-order chi connectivity index (χ0) is 15.7. The second-order valence-electron chi connectivity index (χ2n) is 9.66. The van der Waals surface area contributed by atoms with E-state index >= 15 is 0 Å². The molecule has 0 unspecified atom stereocenters. The van der Waals surface area contributed by atoms with Crippen LogP contribution in [-0.2, 0) is 0 Å². The highest BCUT2D eigenvalue weighted by Crippen LogP contribution is 2.57. The molecule has 5 heterocycles. The van der Waals surface area contributed by atoms with Crippen LogP contribution < -0.4 is 0 Å². The summed E-state index contributed by atoms with van der Waals surface area (Å²) in [6, 6.07) is 2.55. The van der Waals surface area contributed by atoms with Crippen LogP contribution in [-0.4, -0.2) is 65.7 Å². The van der Waals surface area contributed by atoms with Gasteiger partial charge in [0.15, 0.2) is 0 Å². The fourth-order valence-electron chi connectivity index (χ4n) is 7.87. The Morgan fingerprint density at radius 2 is 1.71 bits per heavy atom. The van der Waals surface area contributed by atoms with Gasteiger partial charge >= 0.3 is 0 Å². The highest BCUT2D eigenvalue weighted by molar-refractivity contribution is 5.31. The molecule has 3 heteroatoms. The minimum Gasteiger partial charge on any atom is -0.299 e. The molecule has 5 aliphatic heterocycles. The van der Waals surface area contributed by atoms with Gasteiger partial charge in [-0.1, -0.05) is 24.5 Å². The Morgan fingerprint density at radius 1 is 0.875 bits per heavy atom. The lowest BCUT2D eigenvalue weighted by Crippen LogP contribution is -2.75. The van der Waals surface area contributed by atoms with E-state index in [0.29, 0.717) is 5.41 Å². The van der Waals surface area contributed by atoms with Gasteiger partial charge in [-0.05, 0) is 64.0 Å². The summed E-state index contributed by atoms with van der Waals surface area (Å²) in [6.45, 7) is 6.77. The molecule has 0 N–H and O–H groups in total. The van der Waals surface area contributed by atoms with E-state index in [-0.39, 0.29) is 0 Å². The van der Waals surface area contributed by atoms with Crippen molar-refractivity contribution in [2.45, 2.75) is 75.9 Å². The van der Waals surface area contributed by atoms with Crippen LogP contribution in [0.2, 0.25) is 0 Å². The molecule has 0 amide bonds. The molecule has 5 saturated heterocycles. The highest BCUT2D eigenvalue weighted by Gasteiger charge is 2.61. The first-order valence-electron chi connectivity index (χ1n) is 10.8. The molecule has 3 nitrogen and oxygen atoms in total. The van der Waals surface area contributed by atoms with Gasteiger partial charge in [0.05, 0.1) is 6.67 Å². The van der Waals surface area contributed by atoms with E-state index in [2.05, 4.69) is 20.8 Å². The van der Waals surface area contributed by atoms with E-state index in [1.54, 1.807) is 0 Å². The van der Waals surface area contributed by atoms with E-state index in [9.17, 15) is 0 Å². The standard InChI is InChI=1S/C21H33N3/c1-3-9-22-14-21-13-17(18(22)7-1)12-16-6-5-11-24(20(16)21)15-23-10-4-2-8-19(21)23/h12,17-20H,1-11,13-15H2/t17-,18-,19-,20-,21+/m1/s1. The Labute approximate surface area is 147 Å². The predicted molar refractivity (Wildman–Crippen MR) is 96.8 cm³/mol. The Balaban J connectivity index is 1.47. The maximum absolute atomic E-state index is 2.95. The van der Waals surface area contributed by atoms with Crippen molar-refractivity contribution in [2.75, 3.05) is 32.8 Å². The first-order chi connectivity index (χ1) is 11.9. The fourth-order valence-corrected chi connectivity index (χ4v) is 7.87. The van der Waals surface area contributed by atoms with Gasteiger partial charge in [-0.25, -0.2) is 0 Å². The Hall–Kier alpha value is -0.380. The van der Waals surface area contributed by atoms with Crippen molar-refractivity contribution in [3.8, 4) is 0 Å². The highest BCUT2D eigenvalue weighted by atomic mass is 15.4. The molecule has 0 aromatic carbocycles. The molecule has 0 aromatic rings. The average molecular weight is 328 g/mol. The Kier molecular flexibility index (Phi) is 3.26. The van der Waals surface area contributed by atoms with Crippen LogP contribution >= 0.6 is 0 Å². The average Bonchev–Trinajstić information content (AvgIpc) is 2.62. The normalized spacial score (nSPS) is 48.9. The quantitative estimate of drug-likeness (QED) is 0.633. The zero-order valence-corrected chi connectivity index (χ0v) is 15.1. The van der Waals surface area contributed by atoms with E-state index < -0.39 is 0 Å². The maximum atomic E-state index is 2.95. The van der Waals surface area contributed by atoms with Crippen molar-refractivity contribution < 1.29 is 0 Å². The molecule has 0 saturated carbocycles. The summed E-state index contributed by atoms with van der Waals surface area (Å²) in [7, 11) is 0. The predicted octanol–water partition coefficient (Wildman–Crippen LogP) is 3.08. The van der Waals surface area contributed by atoms with Crippen LogP contribution in [0.5, 0.6) is 0 Å². The van der Waals surface area contributed by atoms with E-state index in [0.717, 1.165) is 24.0 Å². The van der Waals surface area contributed by atoms with E-state index in [1.807, 2.05) is 5.57 Å². The van der Waals surface area contributed by atoms with Crippen LogP contribution in [0.3, 0.4) is 0 Å². The molecule has 24 heavy (non-hydrogen) atoms. The van der Waals surface area contributed by atoms with Gasteiger partial charge in [-0.2, -0.15) is 0 Å². The maximum Gasteiger partial charge on any atom is 0.0514 e. The largest absolute Gasteiger partial charge is 0.299 e. The third kappa shape index (κ3) is 1.90. The van der Waals surface area contributed by atoms with Gasteiger partial charge in [0.2, 0.25) is 0 Å². The fraction of sp³-hybridized carbons (Fsp3) is 0.905. The van der Waals surface area contributed by atoms with Crippen molar-refractivity contribution in [1.29, 1.82) is 0 Å². The van der Waals surface area contributed by atoms with Crippen LogP contribution in [0.4, 0.5) is 0 Å². The van der Waals surface area contributed by atoms with Crippen molar-refractivity contribution in [3.05, 3.63) is 11.6 Å². The van der Waals surface area contributed by atoms with Crippen LogP contribution in [0.1, 0.15) is 57.8 Å². The van der Waals surface area contributed by atoms with Gasteiger partial charge in [-0.3, -0.25) is 14.7 Å².